The Kier molecular flexibility index (Phi) is 6.16. The zero-order chi connectivity index (χ0) is 30.1. The predicted octanol–water partition coefficient (Wildman–Crippen LogP) is 5.24. The largest absolute Gasteiger partial charge is 0.387 e. The van der Waals surface area contributed by atoms with E-state index >= 15 is 0 Å². The molecule has 2 aliphatic rings. The van der Waals surface area contributed by atoms with Crippen molar-refractivity contribution in [2.45, 2.75) is 54.6 Å². The smallest absolute Gasteiger partial charge is 0.310 e. The van der Waals surface area contributed by atoms with Gasteiger partial charge in [0, 0.05) is 20.0 Å². The molecule has 1 saturated carbocycles. The molecule has 9 nitrogen and oxygen atoms in total. The van der Waals surface area contributed by atoms with E-state index < -0.39 is 45.3 Å². The molecule has 1 saturated heterocycles. The maximum absolute atomic E-state index is 13.6. The fourth-order valence-electron chi connectivity index (χ4n) is 5.23. The Morgan fingerprint density at radius 2 is 1.79 bits per heavy atom. The lowest BCUT2D eigenvalue weighted by atomic mass is 10.1. The van der Waals surface area contributed by atoms with E-state index in [1.807, 2.05) is 0 Å². The van der Waals surface area contributed by atoms with Crippen molar-refractivity contribution >= 4 is 27.2 Å². The number of aromatic nitrogens is 4. The molecule has 0 radical (unpaired) electrons. The Bertz CT molecular complexity index is 1660. The molecule has 2 aromatic carbocycles. The van der Waals surface area contributed by atoms with E-state index in [1.165, 1.54) is 29.4 Å². The Balaban J connectivity index is 1.16. The van der Waals surface area contributed by atoms with Gasteiger partial charge in [-0.05, 0) is 35.4 Å². The van der Waals surface area contributed by atoms with Crippen molar-refractivity contribution in [1.82, 2.24) is 19.5 Å². The molecule has 0 amide bonds. The molecule has 3 heterocycles. The molecular formula is C26H25F6N5O4S. The summed E-state index contributed by atoms with van der Waals surface area (Å²) < 4.78 is 91.7. The molecule has 42 heavy (non-hydrogen) atoms. The van der Waals surface area contributed by atoms with Gasteiger partial charge in [0.05, 0.1) is 19.0 Å². The van der Waals surface area contributed by atoms with Crippen LogP contribution in [0.1, 0.15) is 23.8 Å². The fourth-order valence-corrected chi connectivity index (χ4v) is 5.88. The van der Waals surface area contributed by atoms with Gasteiger partial charge in [0.2, 0.25) is 0 Å². The van der Waals surface area contributed by atoms with Crippen LogP contribution in [0.15, 0.2) is 66.1 Å². The van der Waals surface area contributed by atoms with Gasteiger partial charge in [-0.1, -0.05) is 43.7 Å². The van der Waals surface area contributed by atoms with Gasteiger partial charge in [0.25, 0.3) is 0 Å². The second kappa shape index (κ2) is 9.03. The highest BCUT2D eigenvalue weighted by Gasteiger charge is 2.70. The monoisotopic (exact) mass is 617 g/mol. The molecule has 6 rings (SSSR count). The first-order chi connectivity index (χ1) is 19.6. The van der Waals surface area contributed by atoms with Crippen LogP contribution in [0, 0.1) is 5.82 Å². The highest BCUT2D eigenvalue weighted by atomic mass is 32.5. The van der Waals surface area contributed by atoms with Gasteiger partial charge in [-0.3, -0.25) is 4.57 Å². The minimum Gasteiger partial charge on any atom is -0.387 e. The number of benzene rings is 2. The molecule has 226 valence electrons. The fraction of sp³-hybridized carbons (Fsp3) is 0.346. The number of nitrogens with zero attached hydrogens (tertiary/aromatic N) is 5. The number of halogens is 6. The van der Waals surface area contributed by atoms with Gasteiger partial charge >= 0.3 is 10.2 Å². The average Bonchev–Trinajstić information content (AvgIpc) is 3.35. The molecule has 2 unspecified atom stereocenters. The maximum atomic E-state index is 13.6. The van der Waals surface area contributed by atoms with Crippen LogP contribution >= 0.6 is 10.2 Å². The van der Waals surface area contributed by atoms with Crippen molar-refractivity contribution in [3.8, 4) is 0 Å². The van der Waals surface area contributed by atoms with Crippen molar-refractivity contribution in [2.75, 3.05) is 11.9 Å². The summed E-state index contributed by atoms with van der Waals surface area (Å²) in [7, 11) is -8.03. The van der Waals surface area contributed by atoms with Crippen molar-refractivity contribution in [3.05, 3.63) is 78.1 Å². The first-order valence-corrected chi connectivity index (χ1v) is 14.6. The molecule has 16 heteroatoms. The summed E-state index contributed by atoms with van der Waals surface area (Å²) in [5.74, 6) is 0.0693. The number of rotatable bonds is 8. The molecule has 4 aromatic rings. The van der Waals surface area contributed by atoms with Crippen LogP contribution in [0.2, 0.25) is 0 Å². The molecular weight excluding hydrogens is 592 g/mol. The van der Waals surface area contributed by atoms with Crippen LogP contribution in [0.5, 0.6) is 0 Å². The van der Waals surface area contributed by atoms with E-state index in [4.69, 9.17) is 9.47 Å². The lowest BCUT2D eigenvalue weighted by molar-refractivity contribution is -0.0762. The van der Waals surface area contributed by atoms with Crippen LogP contribution in [-0.4, -0.2) is 60.7 Å². The molecule has 1 spiro atoms. The summed E-state index contributed by atoms with van der Waals surface area (Å²) in [6.45, 7) is 0.0922. The summed E-state index contributed by atoms with van der Waals surface area (Å²) in [6.07, 6.45) is -1.75. The molecule has 0 bridgehead atoms. The minimum absolute atomic E-state index is 0.175. The summed E-state index contributed by atoms with van der Waals surface area (Å²) in [4.78, 5) is 12.7. The number of hydrogen-bond acceptors (Lipinski definition) is 8. The Morgan fingerprint density at radius 3 is 2.48 bits per heavy atom. The average molecular weight is 618 g/mol. The second-order valence-electron chi connectivity index (χ2n) is 10.5. The Labute approximate surface area is 235 Å². The Hall–Kier alpha value is -3.44. The van der Waals surface area contributed by atoms with Gasteiger partial charge in [-0.15, -0.1) is 0 Å². The van der Waals surface area contributed by atoms with Gasteiger partial charge in [-0.25, -0.2) is 19.3 Å². The van der Waals surface area contributed by atoms with E-state index in [1.54, 1.807) is 24.1 Å². The molecule has 2 N–H and O–H groups in total. The van der Waals surface area contributed by atoms with Crippen molar-refractivity contribution in [1.29, 1.82) is 0 Å². The highest BCUT2D eigenvalue weighted by Crippen LogP contribution is 3.02. The highest BCUT2D eigenvalue weighted by molar-refractivity contribution is 8.45. The van der Waals surface area contributed by atoms with Crippen LogP contribution < -0.4 is 4.90 Å². The number of aliphatic hydroxyl groups is 2. The number of imidazole rings is 1. The summed E-state index contributed by atoms with van der Waals surface area (Å²) in [6, 6.07) is 8.52. The van der Waals surface area contributed by atoms with Gasteiger partial charge in [0.1, 0.15) is 34.8 Å². The maximum Gasteiger partial charge on any atom is 0.310 e. The zero-order valence-corrected chi connectivity index (χ0v) is 22.6. The van der Waals surface area contributed by atoms with Crippen LogP contribution in [0.4, 0.5) is 29.6 Å². The van der Waals surface area contributed by atoms with Gasteiger partial charge < -0.3 is 24.6 Å². The molecule has 2 aromatic heterocycles. The van der Waals surface area contributed by atoms with Crippen LogP contribution in [0.3, 0.4) is 0 Å². The quantitative estimate of drug-likeness (QED) is 0.259. The summed E-state index contributed by atoms with van der Waals surface area (Å²) in [5, 5.41) is 21.7. The van der Waals surface area contributed by atoms with E-state index in [9.17, 15) is 34.0 Å². The predicted molar refractivity (Wildman–Crippen MR) is 140 cm³/mol. The first-order valence-electron chi connectivity index (χ1n) is 12.7. The van der Waals surface area contributed by atoms with Crippen molar-refractivity contribution in [2.24, 2.45) is 0 Å². The van der Waals surface area contributed by atoms with Gasteiger partial charge in [-0.2, -0.15) is 0 Å². The summed E-state index contributed by atoms with van der Waals surface area (Å²) in [5.41, 5.74) is 0.301. The topological polar surface area (TPSA) is 106 Å². The number of fused-ring (bicyclic) bond motifs is 1. The standard InChI is InChI=1S/C26H25F6N5O4S/c1-36(11-16-3-2-4-17(27)9-16)23-20-24(34-13-33-23)37(14-35-20)25-21(38)22(39)26(41-25)10-19(26)40-12-15-5-7-18(8-6-15)42(28,29,30,31)32/h2-9,13-14,19,21-22,25,38-39H,10-12H2,1H3/t19?,21-,22+,25-,26?/m1/s1. The van der Waals surface area contributed by atoms with Crippen molar-refractivity contribution in [3.63, 3.8) is 0 Å². The van der Waals surface area contributed by atoms with Crippen LogP contribution in [-0.2, 0) is 22.6 Å². The molecule has 5 atom stereocenters. The van der Waals surface area contributed by atoms with E-state index in [0.29, 0.717) is 41.2 Å². The second-order valence-corrected chi connectivity index (χ2v) is 12.9. The normalized spacial score (nSPS) is 27.3. The molecule has 1 aliphatic carbocycles. The van der Waals surface area contributed by atoms with E-state index in [0.717, 1.165) is 12.1 Å². The summed E-state index contributed by atoms with van der Waals surface area (Å²) >= 11 is 0. The Morgan fingerprint density at radius 1 is 1.05 bits per heavy atom. The third-order valence-electron chi connectivity index (χ3n) is 7.45. The number of hydrogen-bond donors (Lipinski definition) is 2. The van der Waals surface area contributed by atoms with E-state index in [-0.39, 0.29) is 24.4 Å². The SMILES string of the molecule is CN(Cc1cccc(F)c1)c1ncnc2c1ncn2[C@@H]1OC2(CC2OCc2ccc(S(F)(F)(F)(F)F)cc2)[C@@H](O)[C@H]1O. The molecule has 1 aliphatic heterocycles. The number of aliphatic hydroxyl groups excluding tert-OH is 2. The zero-order valence-electron chi connectivity index (χ0n) is 21.8. The number of anilines is 1. The lowest BCUT2D eigenvalue weighted by Gasteiger charge is -2.40. The van der Waals surface area contributed by atoms with Crippen molar-refractivity contribution < 1.29 is 43.5 Å². The third kappa shape index (κ3) is 5.17. The first kappa shape index (κ1) is 28.7. The lowest BCUT2D eigenvalue weighted by Crippen LogP contribution is -2.35. The van der Waals surface area contributed by atoms with E-state index in [2.05, 4.69) is 15.0 Å². The third-order valence-corrected chi connectivity index (χ3v) is 8.61. The van der Waals surface area contributed by atoms with Gasteiger partial charge in [0.15, 0.2) is 23.2 Å². The van der Waals surface area contributed by atoms with Crippen LogP contribution in [0.25, 0.3) is 11.2 Å². The minimum atomic E-state index is -9.78. The number of ether oxygens (including phenoxy) is 2. The molecule has 2 fully saturated rings.